The van der Waals surface area contributed by atoms with Gasteiger partial charge in [0.2, 0.25) is 11.8 Å². The number of carbonyl (C=O) groups excluding carboxylic acids is 2. The first kappa shape index (κ1) is 23.5. The molecule has 3 aromatic rings. The van der Waals surface area contributed by atoms with Gasteiger partial charge in [0.1, 0.15) is 16.8 Å². The molecule has 0 spiro atoms. The molecule has 6 nitrogen and oxygen atoms in total. The number of para-hydroxylation sites is 2. The highest BCUT2D eigenvalue weighted by atomic mass is 32.2. The topological polar surface area (TPSA) is 71.0 Å². The van der Waals surface area contributed by atoms with Crippen LogP contribution in [-0.4, -0.2) is 40.8 Å². The van der Waals surface area contributed by atoms with Crippen molar-refractivity contribution >= 4 is 40.1 Å². The fraction of sp³-hybridized carbons (Fsp3) is 0.192. The van der Waals surface area contributed by atoms with E-state index >= 15 is 0 Å². The number of carbonyl (C=O) groups is 2. The zero-order valence-corrected chi connectivity index (χ0v) is 19.4. The maximum atomic E-state index is 13.4. The van der Waals surface area contributed by atoms with Crippen LogP contribution in [0.2, 0.25) is 0 Å². The number of amidine groups is 1. The highest BCUT2D eigenvalue weighted by Crippen LogP contribution is 2.31. The fourth-order valence-corrected chi connectivity index (χ4v) is 4.66. The molecule has 0 bridgehead atoms. The molecule has 174 valence electrons. The number of aliphatic imine (C=N–C) groups is 1. The first-order chi connectivity index (χ1) is 16.5. The maximum Gasteiger partial charge on any atom is 0.238 e. The lowest BCUT2D eigenvalue weighted by Crippen LogP contribution is -2.46. The molecule has 34 heavy (non-hydrogen) atoms. The zero-order chi connectivity index (χ0) is 23.9. The quantitative estimate of drug-likeness (QED) is 0.518. The molecule has 1 heterocycles. The summed E-state index contributed by atoms with van der Waals surface area (Å²) in [5.74, 6) is -0.327. The molecular formula is C26H24FN3O3S. The number of halogens is 1. The molecule has 1 saturated heterocycles. The van der Waals surface area contributed by atoms with Gasteiger partial charge in [0.05, 0.1) is 18.5 Å². The van der Waals surface area contributed by atoms with E-state index in [4.69, 9.17) is 4.74 Å². The van der Waals surface area contributed by atoms with E-state index in [1.807, 2.05) is 36.4 Å². The number of methoxy groups -OCH3 is 1. The minimum Gasteiger partial charge on any atom is -0.495 e. The van der Waals surface area contributed by atoms with Crippen LogP contribution in [0.1, 0.15) is 12.0 Å². The van der Waals surface area contributed by atoms with Gasteiger partial charge in [-0.3, -0.25) is 14.5 Å². The Kier molecular flexibility index (Phi) is 7.59. The molecule has 1 fully saturated rings. The predicted octanol–water partition coefficient (Wildman–Crippen LogP) is 5.04. The number of hydrogen-bond donors (Lipinski definition) is 1. The SMILES string of the molecule is COc1ccccc1NC(=O)C1CC(=O)N(CCc2ccccc2)C(=Nc2ccc(F)cc2)S1. The number of nitrogens with one attached hydrogen (secondary N) is 1. The van der Waals surface area contributed by atoms with Crippen LogP contribution in [0, 0.1) is 5.82 Å². The van der Waals surface area contributed by atoms with E-state index in [0.29, 0.717) is 35.3 Å². The molecule has 0 aromatic heterocycles. The highest BCUT2D eigenvalue weighted by molar-refractivity contribution is 8.15. The molecule has 3 aromatic carbocycles. The molecule has 1 N–H and O–H groups in total. The Labute approximate surface area is 201 Å². The third-order valence-corrected chi connectivity index (χ3v) is 6.50. The second kappa shape index (κ2) is 11.0. The van der Waals surface area contributed by atoms with E-state index in [1.54, 1.807) is 35.2 Å². The van der Waals surface area contributed by atoms with Crippen LogP contribution in [-0.2, 0) is 16.0 Å². The number of rotatable bonds is 7. The molecule has 1 unspecified atom stereocenters. The molecule has 2 amide bonds. The van der Waals surface area contributed by atoms with Crippen LogP contribution in [0.15, 0.2) is 83.9 Å². The van der Waals surface area contributed by atoms with Gasteiger partial charge in [0, 0.05) is 13.0 Å². The molecule has 0 aliphatic carbocycles. The average Bonchev–Trinajstić information content (AvgIpc) is 2.85. The first-order valence-electron chi connectivity index (χ1n) is 10.8. The van der Waals surface area contributed by atoms with E-state index in [0.717, 1.165) is 5.56 Å². The van der Waals surface area contributed by atoms with Crippen molar-refractivity contribution in [3.63, 3.8) is 0 Å². The Morgan fingerprint density at radius 3 is 2.53 bits per heavy atom. The van der Waals surface area contributed by atoms with Crippen LogP contribution >= 0.6 is 11.8 Å². The molecule has 4 rings (SSSR count). The number of amides is 2. The van der Waals surface area contributed by atoms with Crippen molar-refractivity contribution in [3.8, 4) is 5.75 Å². The number of ether oxygens (including phenoxy) is 1. The summed E-state index contributed by atoms with van der Waals surface area (Å²) in [5, 5.41) is 2.61. The smallest absolute Gasteiger partial charge is 0.238 e. The van der Waals surface area contributed by atoms with Gasteiger partial charge in [-0.2, -0.15) is 0 Å². The van der Waals surface area contributed by atoms with Crippen molar-refractivity contribution in [1.82, 2.24) is 4.90 Å². The third-order valence-electron chi connectivity index (χ3n) is 5.32. The molecular weight excluding hydrogens is 453 g/mol. The predicted molar refractivity (Wildman–Crippen MR) is 133 cm³/mol. The maximum absolute atomic E-state index is 13.4. The standard InChI is InChI=1S/C26H24FN3O3S/c1-33-22-10-6-5-9-21(22)29-25(32)23-17-24(31)30(16-15-18-7-3-2-4-8-18)26(34-23)28-20-13-11-19(27)12-14-20/h2-14,23H,15-17H2,1H3,(H,29,32). The molecule has 1 atom stereocenters. The van der Waals surface area contributed by atoms with Gasteiger partial charge in [-0.1, -0.05) is 54.2 Å². The Morgan fingerprint density at radius 1 is 1.09 bits per heavy atom. The van der Waals surface area contributed by atoms with E-state index in [-0.39, 0.29) is 24.1 Å². The summed E-state index contributed by atoms with van der Waals surface area (Å²) >= 11 is 1.23. The summed E-state index contributed by atoms with van der Waals surface area (Å²) in [6, 6.07) is 22.7. The Bertz CT molecular complexity index is 1190. The van der Waals surface area contributed by atoms with Gasteiger partial charge < -0.3 is 10.1 Å². The number of thioether (sulfide) groups is 1. The van der Waals surface area contributed by atoms with Gasteiger partial charge in [0.15, 0.2) is 5.17 Å². The van der Waals surface area contributed by atoms with Crippen LogP contribution in [0.5, 0.6) is 5.75 Å². The van der Waals surface area contributed by atoms with Gasteiger partial charge in [-0.05, 0) is 48.4 Å². The minimum absolute atomic E-state index is 0.0445. The minimum atomic E-state index is -0.662. The average molecular weight is 478 g/mol. The number of anilines is 1. The second-order valence-electron chi connectivity index (χ2n) is 7.65. The lowest BCUT2D eigenvalue weighted by Gasteiger charge is -2.32. The van der Waals surface area contributed by atoms with Crippen molar-refractivity contribution in [2.75, 3.05) is 19.0 Å². The number of hydrogen-bond acceptors (Lipinski definition) is 5. The first-order valence-corrected chi connectivity index (χ1v) is 11.7. The highest BCUT2D eigenvalue weighted by Gasteiger charge is 2.36. The summed E-state index contributed by atoms with van der Waals surface area (Å²) in [6.07, 6.45) is 0.691. The second-order valence-corrected chi connectivity index (χ2v) is 8.82. The largest absolute Gasteiger partial charge is 0.495 e. The summed E-state index contributed by atoms with van der Waals surface area (Å²) in [5.41, 5.74) is 2.14. The lowest BCUT2D eigenvalue weighted by atomic mass is 10.1. The van der Waals surface area contributed by atoms with Gasteiger partial charge in [0.25, 0.3) is 0 Å². The van der Waals surface area contributed by atoms with Crippen LogP contribution in [0.3, 0.4) is 0 Å². The van der Waals surface area contributed by atoms with Crippen molar-refractivity contribution in [2.24, 2.45) is 4.99 Å². The van der Waals surface area contributed by atoms with Crippen LogP contribution < -0.4 is 10.1 Å². The van der Waals surface area contributed by atoms with E-state index in [2.05, 4.69) is 10.3 Å². The van der Waals surface area contributed by atoms with Crippen molar-refractivity contribution < 1.29 is 18.7 Å². The van der Waals surface area contributed by atoms with E-state index < -0.39 is 5.25 Å². The fourth-order valence-electron chi connectivity index (χ4n) is 3.53. The Morgan fingerprint density at radius 2 is 1.79 bits per heavy atom. The molecule has 1 aliphatic heterocycles. The summed E-state index contributed by atoms with van der Waals surface area (Å²) < 4.78 is 18.7. The Hall–Kier alpha value is -3.65. The normalized spacial score (nSPS) is 17.0. The van der Waals surface area contributed by atoms with Crippen molar-refractivity contribution in [3.05, 3.63) is 90.2 Å². The summed E-state index contributed by atoms with van der Waals surface area (Å²) in [4.78, 5) is 32.4. The van der Waals surface area contributed by atoms with Crippen LogP contribution in [0.25, 0.3) is 0 Å². The Balaban J connectivity index is 1.56. The van der Waals surface area contributed by atoms with Crippen molar-refractivity contribution in [2.45, 2.75) is 18.1 Å². The molecule has 8 heteroatoms. The molecule has 1 aliphatic rings. The summed E-state index contributed by atoms with van der Waals surface area (Å²) in [6.45, 7) is 0.427. The van der Waals surface area contributed by atoms with Gasteiger partial charge in [-0.15, -0.1) is 0 Å². The third kappa shape index (κ3) is 5.82. The number of benzene rings is 3. The zero-order valence-electron chi connectivity index (χ0n) is 18.6. The van der Waals surface area contributed by atoms with Gasteiger partial charge in [-0.25, -0.2) is 9.38 Å². The molecule has 0 saturated carbocycles. The van der Waals surface area contributed by atoms with Crippen molar-refractivity contribution in [1.29, 1.82) is 0 Å². The lowest BCUT2D eigenvalue weighted by molar-refractivity contribution is -0.129. The van der Waals surface area contributed by atoms with E-state index in [1.165, 1.54) is 31.0 Å². The number of nitrogens with zero attached hydrogens (tertiary/aromatic N) is 2. The monoisotopic (exact) mass is 477 g/mol. The van der Waals surface area contributed by atoms with Gasteiger partial charge >= 0.3 is 0 Å². The van der Waals surface area contributed by atoms with Crippen LogP contribution in [0.4, 0.5) is 15.8 Å². The molecule has 0 radical (unpaired) electrons. The van der Waals surface area contributed by atoms with E-state index in [9.17, 15) is 14.0 Å². The summed E-state index contributed by atoms with van der Waals surface area (Å²) in [7, 11) is 1.53.